The number of amides is 6. The SMILES string of the molecule is CCOC(=O)NS(=O)(=O)N1CC(CN(Cc2ccc(F)cc2)C(=O)CN2C(=O)O[C@@]3(CCc4cc(NC(=O)NC)ccc43)C2=O)C1. The van der Waals surface area contributed by atoms with E-state index in [9.17, 15) is 36.8 Å². The minimum absolute atomic E-state index is 0.00436. The number of carbonyl (C=O) groups is 5. The van der Waals surface area contributed by atoms with Gasteiger partial charge in [0.1, 0.15) is 12.4 Å². The van der Waals surface area contributed by atoms with Gasteiger partial charge in [-0.05, 0) is 48.7 Å². The van der Waals surface area contributed by atoms with E-state index in [-0.39, 0.29) is 45.1 Å². The van der Waals surface area contributed by atoms with Crippen molar-refractivity contribution in [2.75, 3.05) is 45.2 Å². The molecule has 2 aromatic rings. The first-order valence-electron chi connectivity index (χ1n) is 14.5. The van der Waals surface area contributed by atoms with Crippen molar-refractivity contribution in [3.63, 3.8) is 0 Å². The zero-order chi connectivity index (χ0) is 33.2. The van der Waals surface area contributed by atoms with E-state index in [2.05, 4.69) is 15.4 Å². The summed E-state index contributed by atoms with van der Waals surface area (Å²) in [7, 11) is -2.68. The fraction of sp³-hybridized carbons (Fsp3) is 0.414. The minimum Gasteiger partial charge on any atom is -0.449 e. The maximum Gasteiger partial charge on any atom is 0.421 e. The van der Waals surface area contributed by atoms with Crippen molar-refractivity contribution < 1.29 is 46.3 Å². The second-order valence-electron chi connectivity index (χ2n) is 11.1. The summed E-state index contributed by atoms with van der Waals surface area (Å²) in [5, 5.41) is 5.11. The summed E-state index contributed by atoms with van der Waals surface area (Å²) >= 11 is 0. The zero-order valence-corrected chi connectivity index (χ0v) is 25.9. The van der Waals surface area contributed by atoms with E-state index < -0.39 is 58.2 Å². The van der Waals surface area contributed by atoms with Crippen molar-refractivity contribution in [1.29, 1.82) is 0 Å². The molecule has 3 aliphatic rings. The number of hydrogen-bond acceptors (Lipinski definition) is 9. The molecule has 0 bridgehead atoms. The van der Waals surface area contributed by atoms with Gasteiger partial charge in [0.25, 0.3) is 5.91 Å². The Labute approximate surface area is 264 Å². The summed E-state index contributed by atoms with van der Waals surface area (Å²) in [6.45, 7) is 0.911. The molecule has 6 amide bonds. The lowest BCUT2D eigenvalue weighted by Crippen LogP contribution is -2.58. The average Bonchev–Trinajstić information content (AvgIpc) is 3.46. The molecular weight excluding hydrogens is 627 g/mol. The number of hydrogen-bond donors (Lipinski definition) is 3. The van der Waals surface area contributed by atoms with Crippen molar-refractivity contribution in [3.05, 3.63) is 65.0 Å². The van der Waals surface area contributed by atoms with Crippen LogP contribution in [0.25, 0.3) is 0 Å². The van der Waals surface area contributed by atoms with Crippen LogP contribution in [-0.4, -0.2) is 92.4 Å². The molecule has 2 fully saturated rings. The molecule has 1 aliphatic carbocycles. The number of urea groups is 1. The Balaban J connectivity index is 1.29. The number of nitrogens with one attached hydrogen (secondary N) is 3. The third-order valence-electron chi connectivity index (χ3n) is 8.01. The molecule has 15 nitrogen and oxygen atoms in total. The van der Waals surface area contributed by atoms with E-state index in [1.54, 1.807) is 18.2 Å². The topological polar surface area (TPSA) is 184 Å². The van der Waals surface area contributed by atoms with Crippen LogP contribution < -0.4 is 15.4 Å². The standard InChI is InChI=1S/C29H33FN6O9S/c1-3-44-27(40)33-46(42,43)35-15-19(16-35)14-34(13-18-4-6-21(30)7-5-18)24(37)17-36-25(38)29(45-28(36)41)11-10-20-12-22(8-9-23(20)29)32-26(39)31-2/h4-9,12,19H,3,10-11,13-17H2,1-2H3,(H,33,40)(H2,31,32,39)/t29-/m1/s1. The van der Waals surface area contributed by atoms with Gasteiger partial charge in [-0.3, -0.25) is 9.59 Å². The molecule has 0 radical (unpaired) electrons. The summed E-state index contributed by atoms with van der Waals surface area (Å²) < 4.78 is 51.6. The van der Waals surface area contributed by atoms with Gasteiger partial charge in [-0.25, -0.2) is 28.4 Å². The average molecular weight is 661 g/mol. The maximum atomic E-state index is 13.7. The summed E-state index contributed by atoms with van der Waals surface area (Å²) in [6.07, 6.45) is -1.54. The molecule has 2 saturated heterocycles. The summed E-state index contributed by atoms with van der Waals surface area (Å²) in [5.41, 5.74) is 0.644. The highest BCUT2D eigenvalue weighted by atomic mass is 32.2. The number of anilines is 1. The molecule has 3 N–H and O–H groups in total. The summed E-state index contributed by atoms with van der Waals surface area (Å²) in [4.78, 5) is 65.8. The van der Waals surface area contributed by atoms with Crippen molar-refractivity contribution in [3.8, 4) is 0 Å². The monoisotopic (exact) mass is 660 g/mol. The number of imide groups is 1. The van der Waals surface area contributed by atoms with Gasteiger partial charge in [0.05, 0.1) is 6.61 Å². The van der Waals surface area contributed by atoms with Crippen LogP contribution in [0, 0.1) is 11.7 Å². The normalized spacial score (nSPS) is 19.3. The molecule has 5 rings (SSSR count). The summed E-state index contributed by atoms with van der Waals surface area (Å²) in [6, 6.07) is 9.92. The minimum atomic E-state index is -4.15. The fourth-order valence-electron chi connectivity index (χ4n) is 5.70. The largest absolute Gasteiger partial charge is 0.449 e. The highest BCUT2D eigenvalue weighted by Gasteiger charge is 2.58. The Hall–Kier alpha value is -4.77. The number of halogens is 1. The molecular formula is C29H33FN6O9S. The molecule has 2 heterocycles. The molecule has 0 aromatic heterocycles. The van der Waals surface area contributed by atoms with Crippen molar-refractivity contribution in [2.45, 2.75) is 31.9 Å². The van der Waals surface area contributed by atoms with E-state index in [1.807, 2.05) is 4.72 Å². The maximum absolute atomic E-state index is 13.7. The highest BCUT2D eigenvalue weighted by Crippen LogP contribution is 2.46. The third kappa shape index (κ3) is 6.60. The fourth-order valence-corrected chi connectivity index (χ4v) is 6.91. The first-order valence-corrected chi connectivity index (χ1v) is 15.9. The van der Waals surface area contributed by atoms with Gasteiger partial charge in [-0.1, -0.05) is 18.2 Å². The first-order chi connectivity index (χ1) is 21.8. The molecule has 2 aliphatic heterocycles. The number of rotatable bonds is 10. The van der Waals surface area contributed by atoms with E-state index in [0.29, 0.717) is 28.8 Å². The van der Waals surface area contributed by atoms with Crippen LogP contribution in [0.5, 0.6) is 0 Å². The second-order valence-corrected chi connectivity index (χ2v) is 12.7. The Morgan fingerprint density at radius 3 is 2.52 bits per heavy atom. The van der Waals surface area contributed by atoms with Crippen molar-refractivity contribution in [1.82, 2.24) is 24.1 Å². The van der Waals surface area contributed by atoms with Gasteiger partial charge >= 0.3 is 28.4 Å². The third-order valence-corrected chi connectivity index (χ3v) is 9.41. The van der Waals surface area contributed by atoms with Crippen LogP contribution in [0.4, 0.5) is 24.5 Å². The van der Waals surface area contributed by atoms with Gasteiger partial charge < -0.3 is 25.0 Å². The van der Waals surface area contributed by atoms with Crippen LogP contribution in [0.15, 0.2) is 42.5 Å². The second kappa shape index (κ2) is 12.9. The Morgan fingerprint density at radius 2 is 1.85 bits per heavy atom. The Morgan fingerprint density at radius 1 is 1.13 bits per heavy atom. The molecule has 1 spiro atoms. The number of aryl methyl sites for hydroxylation is 1. The van der Waals surface area contributed by atoms with Crippen LogP contribution in [-0.2, 0) is 47.8 Å². The number of benzene rings is 2. The zero-order valence-electron chi connectivity index (χ0n) is 25.1. The molecule has 246 valence electrons. The van der Waals surface area contributed by atoms with Gasteiger partial charge in [-0.2, -0.15) is 12.7 Å². The lowest BCUT2D eigenvalue weighted by atomic mass is 9.94. The molecule has 1 atom stereocenters. The molecule has 0 unspecified atom stereocenters. The smallest absolute Gasteiger partial charge is 0.421 e. The van der Waals surface area contributed by atoms with Crippen LogP contribution in [0.1, 0.15) is 30.0 Å². The summed E-state index contributed by atoms with van der Waals surface area (Å²) in [5.74, 6) is -2.11. The van der Waals surface area contributed by atoms with E-state index in [0.717, 1.165) is 9.21 Å². The van der Waals surface area contributed by atoms with Crippen LogP contribution >= 0.6 is 0 Å². The quantitative estimate of drug-likeness (QED) is 0.341. The van der Waals surface area contributed by atoms with Gasteiger partial charge in [0.2, 0.25) is 11.5 Å². The van der Waals surface area contributed by atoms with E-state index in [1.165, 1.54) is 43.1 Å². The number of fused-ring (bicyclic) bond motifs is 2. The van der Waals surface area contributed by atoms with Gasteiger partial charge in [0.15, 0.2) is 0 Å². The van der Waals surface area contributed by atoms with E-state index in [4.69, 9.17) is 4.74 Å². The highest BCUT2D eigenvalue weighted by molar-refractivity contribution is 7.87. The molecule has 46 heavy (non-hydrogen) atoms. The predicted molar refractivity (Wildman–Crippen MR) is 159 cm³/mol. The number of nitrogens with zero attached hydrogens (tertiary/aromatic N) is 3. The number of ether oxygens (including phenoxy) is 2. The first kappa shape index (κ1) is 32.6. The predicted octanol–water partition coefficient (Wildman–Crippen LogP) is 1.65. The number of carbonyl (C=O) groups excluding carboxylic acids is 5. The lowest BCUT2D eigenvalue weighted by molar-refractivity contribution is -0.142. The van der Waals surface area contributed by atoms with Crippen molar-refractivity contribution in [2.24, 2.45) is 5.92 Å². The van der Waals surface area contributed by atoms with Crippen LogP contribution in [0.2, 0.25) is 0 Å². The van der Waals surface area contributed by atoms with Crippen LogP contribution in [0.3, 0.4) is 0 Å². The molecule has 2 aromatic carbocycles. The Bertz CT molecular complexity index is 1670. The molecule has 0 saturated carbocycles. The van der Waals surface area contributed by atoms with Gasteiger partial charge in [-0.15, -0.1) is 0 Å². The van der Waals surface area contributed by atoms with Gasteiger partial charge in [0, 0.05) is 56.8 Å². The van der Waals surface area contributed by atoms with E-state index >= 15 is 0 Å². The lowest BCUT2D eigenvalue weighted by Gasteiger charge is -2.40. The molecule has 17 heteroatoms. The van der Waals surface area contributed by atoms with Crippen molar-refractivity contribution >= 4 is 45.9 Å². The Kier molecular flexibility index (Phi) is 9.16.